The predicted octanol–water partition coefficient (Wildman–Crippen LogP) is 2.53. The Kier molecular flexibility index (Phi) is 4.19. The highest BCUT2D eigenvalue weighted by molar-refractivity contribution is 6.30. The lowest BCUT2D eigenvalue weighted by atomic mass is 9.78. The molecule has 6 heteroatoms. The van der Waals surface area contributed by atoms with Gasteiger partial charge in [-0.3, -0.25) is 0 Å². The van der Waals surface area contributed by atoms with Crippen molar-refractivity contribution in [3.63, 3.8) is 0 Å². The summed E-state index contributed by atoms with van der Waals surface area (Å²) in [6.07, 6.45) is -0.420. The minimum atomic E-state index is -1.17. The van der Waals surface area contributed by atoms with Crippen LogP contribution in [0.15, 0.2) is 18.2 Å². The number of halogens is 1. The number of carbonyl (C=O) groups is 1. The second-order valence-electron chi connectivity index (χ2n) is 6.05. The van der Waals surface area contributed by atoms with Crippen LogP contribution in [0.5, 0.6) is 0 Å². The van der Waals surface area contributed by atoms with E-state index < -0.39 is 17.3 Å². The number of hydrogen-bond donors (Lipinski definition) is 3. The average molecular weight is 314 g/mol. The number of aliphatic hydroxyl groups is 2. The van der Waals surface area contributed by atoms with Gasteiger partial charge in [-0.05, 0) is 49.9 Å². The maximum absolute atomic E-state index is 11.0. The minimum absolute atomic E-state index is 0.254. The number of hydrogen-bond acceptors (Lipinski definition) is 3. The molecule has 0 unspecified atom stereocenters. The lowest BCUT2D eigenvalue weighted by Gasteiger charge is -2.39. The zero-order chi connectivity index (χ0) is 15.8. The maximum Gasteiger partial charge on any atom is 0.407 e. The zero-order valence-corrected chi connectivity index (χ0v) is 12.9. The standard InChI is InChI=1S/C15H20ClNO4/c1-14(2,20)11-4-3-10(16)9-12(11)15(21)5-7-17(8-6-15)13(18)19/h3-4,9,20-21H,5-8H2,1-2H3,(H,18,19). The third-order valence-electron chi connectivity index (χ3n) is 4.00. The summed E-state index contributed by atoms with van der Waals surface area (Å²) in [5, 5.41) is 30.7. The molecule has 1 heterocycles. The van der Waals surface area contributed by atoms with Crippen molar-refractivity contribution in [2.75, 3.05) is 13.1 Å². The fourth-order valence-corrected chi connectivity index (χ4v) is 2.94. The monoisotopic (exact) mass is 313 g/mol. The van der Waals surface area contributed by atoms with Crippen LogP contribution in [0.25, 0.3) is 0 Å². The highest BCUT2D eigenvalue weighted by atomic mass is 35.5. The van der Waals surface area contributed by atoms with E-state index in [0.29, 0.717) is 16.1 Å². The molecule has 3 N–H and O–H groups in total. The quantitative estimate of drug-likeness (QED) is 0.783. The second-order valence-corrected chi connectivity index (χ2v) is 6.49. The van der Waals surface area contributed by atoms with Crippen molar-refractivity contribution in [2.45, 2.75) is 37.9 Å². The van der Waals surface area contributed by atoms with Crippen molar-refractivity contribution >= 4 is 17.7 Å². The number of piperidine rings is 1. The van der Waals surface area contributed by atoms with Crippen molar-refractivity contribution in [2.24, 2.45) is 0 Å². The van der Waals surface area contributed by atoms with E-state index in [2.05, 4.69) is 0 Å². The Bertz CT molecular complexity index is 545. The van der Waals surface area contributed by atoms with E-state index in [1.54, 1.807) is 32.0 Å². The highest BCUT2D eigenvalue weighted by Crippen LogP contribution is 2.39. The third kappa shape index (κ3) is 3.31. The van der Waals surface area contributed by atoms with Crippen LogP contribution in [-0.4, -0.2) is 39.4 Å². The minimum Gasteiger partial charge on any atom is -0.465 e. The smallest absolute Gasteiger partial charge is 0.407 e. The van der Waals surface area contributed by atoms with E-state index in [9.17, 15) is 15.0 Å². The van der Waals surface area contributed by atoms with E-state index in [-0.39, 0.29) is 25.9 Å². The summed E-state index contributed by atoms with van der Waals surface area (Å²) in [4.78, 5) is 12.2. The molecule has 1 aromatic rings. The summed E-state index contributed by atoms with van der Waals surface area (Å²) in [6.45, 7) is 3.80. The van der Waals surface area contributed by atoms with Crippen LogP contribution >= 0.6 is 11.6 Å². The molecule has 0 saturated carbocycles. The molecule has 1 aliphatic heterocycles. The molecule has 116 valence electrons. The van der Waals surface area contributed by atoms with Crippen LogP contribution in [0.1, 0.15) is 37.8 Å². The van der Waals surface area contributed by atoms with Gasteiger partial charge in [-0.15, -0.1) is 0 Å². The summed E-state index contributed by atoms with van der Waals surface area (Å²) in [5.74, 6) is 0. The fraction of sp³-hybridized carbons (Fsp3) is 0.533. The van der Waals surface area contributed by atoms with Gasteiger partial charge in [0, 0.05) is 18.1 Å². The molecule has 1 saturated heterocycles. The summed E-state index contributed by atoms with van der Waals surface area (Å²) in [5.41, 5.74) is -1.10. The largest absolute Gasteiger partial charge is 0.465 e. The Morgan fingerprint density at radius 1 is 1.33 bits per heavy atom. The number of rotatable bonds is 2. The highest BCUT2D eigenvalue weighted by Gasteiger charge is 2.39. The van der Waals surface area contributed by atoms with Crippen LogP contribution in [0, 0.1) is 0 Å². The van der Waals surface area contributed by atoms with Crippen LogP contribution < -0.4 is 0 Å². The number of nitrogens with zero attached hydrogens (tertiary/aromatic N) is 1. The van der Waals surface area contributed by atoms with Crippen molar-refractivity contribution in [3.8, 4) is 0 Å². The lowest BCUT2D eigenvalue weighted by molar-refractivity contribution is -0.0263. The molecule has 5 nitrogen and oxygen atoms in total. The molecule has 2 rings (SSSR count). The lowest BCUT2D eigenvalue weighted by Crippen LogP contribution is -2.45. The Balaban J connectivity index is 2.37. The summed E-state index contributed by atoms with van der Waals surface area (Å²) < 4.78 is 0. The molecule has 0 spiro atoms. The zero-order valence-electron chi connectivity index (χ0n) is 12.1. The Labute approximate surface area is 128 Å². The average Bonchev–Trinajstić information content (AvgIpc) is 2.37. The Hall–Kier alpha value is -1.30. The van der Waals surface area contributed by atoms with Crippen molar-refractivity contribution in [1.29, 1.82) is 0 Å². The normalized spacial score (nSPS) is 18.6. The van der Waals surface area contributed by atoms with Gasteiger partial charge in [-0.2, -0.15) is 0 Å². The van der Waals surface area contributed by atoms with Crippen LogP contribution in [0.3, 0.4) is 0 Å². The van der Waals surface area contributed by atoms with E-state index in [0.717, 1.165) is 0 Å². The number of amides is 1. The van der Waals surface area contributed by atoms with Gasteiger partial charge in [0.15, 0.2) is 0 Å². The first-order chi connectivity index (χ1) is 9.63. The first-order valence-corrected chi connectivity index (χ1v) is 7.24. The molecule has 21 heavy (non-hydrogen) atoms. The Morgan fingerprint density at radius 2 is 1.90 bits per heavy atom. The third-order valence-corrected chi connectivity index (χ3v) is 4.24. The van der Waals surface area contributed by atoms with Crippen molar-refractivity contribution < 1.29 is 20.1 Å². The molecule has 1 aliphatic rings. The number of benzene rings is 1. The topological polar surface area (TPSA) is 81.0 Å². The van der Waals surface area contributed by atoms with Gasteiger partial charge >= 0.3 is 6.09 Å². The summed E-state index contributed by atoms with van der Waals surface area (Å²) in [7, 11) is 0. The van der Waals surface area contributed by atoms with Gasteiger partial charge in [-0.1, -0.05) is 17.7 Å². The molecule has 0 bridgehead atoms. The van der Waals surface area contributed by atoms with Gasteiger partial charge in [0.1, 0.15) is 0 Å². The molecule has 0 radical (unpaired) electrons. The maximum atomic E-state index is 11.0. The summed E-state index contributed by atoms with van der Waals surface area (Å²) in [6, 6.07) is 5.04. The van der Waals surface area contributed by atoms with E-state index in [1.807, 2.05) is 0 Å². The molecule has 1 aromatic carbocycles. The van der Waals surface area contributed by atoms with Crippen molar-refractivity contribution in [3.05, 3.63) is 34.3 Å². The predicted molar refractivity (Wildman–Crippen MR) is 79.4 cm³/mol. The van der Waals surface area contributed by atoms with Crippen LogP contribution in [0.2, 0.25) is 5.02 Å². The van der Waals surface area contributed by atoms with Gasteiger partial charge < -0.3 is 20.2 Å². The second kappa shape index (κ2) is 5.48. The van der Waals surface area contributed by atoms with Gasteiger partial charge in [0.25, 0.3) is 0 Å². The first kappa shape index (κ1) is 16.1. The van der Waals surface area contributed by atoms with Gasteiger partial charge in [-0.25, -0.2) is 4.79 Å². The molecule has 1 fully saturated rings. The molecule has 0 aliphatic carbocycles. The van der Waals surface area contributed by atoms with E-state index in [1.165, 1.54) is 4.90 Å². The number of carboxylic acid groups (broad SMARTS) is 1. The summed E-state index contributed by atoms with van der Waals surface area (Å²) >= 11 is 6.03. The van der Waals surface area contributed by atoms with Gasteiger partial charge in [0.2, 0.25) is 0 Å². The van der Waals surface area contributed by atoms with Crippen LogP contribution in [-0.2, 0) is 11.2 Å². The number of likely N-dealkylation sites (tertiary alicyclic amines) is 1. The molecular formula is C15H20ClNO4. The van der Waals surface area contributed by atoms with Gasteiger partial charge in [0.05, 0.1) is 11.2 Å². The first-order valence-electron chi connectivity index (χ1n) is 6.87. The van der Waals surface area contributed by atoms with Crippen molar-refractivity contribution in [1.82, 2.24) is 4.90 Å². The molecular weight excluding hydrogens is 294 g/mol. The SMILES string of the molecule is CC(C)(O)c1ccc(Cl)cc1C1(O)CCN(C(=O)O)CC1. The van der Waals surface area contributed by atoms with E-state index in [4.69, 9.17) is 16.7 Å². The molecule has 0 aromatic heterocycles. The molecule has 0 atom stereocenters. The fourth-order valence-electron chi connectivity index (χ4n) is 2.77. The van der Waals surface area contributed by atoms with Crippen LogP contribution in [0.4, 0.5) is 4.79 Å². The van der Waals surface area contributed by atoms with E-state index >= 15 is 0 Å². The Morgan fingerprint density at radius 3 is 2.38 bits per heavy atom. The molecule has 1 amide bonds.